The number of hydrogen-bond acceptors (Lipinski definition) is 4. The lowest BCUT2D eigenvalue weighted by Gasteiger charge is -2.15. The first kappa shape index (κ1) is 18.1. The van der Waals surface area contributed by atoms with Gasteiger partial charge in [-0.15, -0.1) is 0 Å². The average Bonchev–Trinajstić information content (AvgIpc) is 2.61. The summed E-state index contributed by atoms with van der Waals surface area (Å²) >= 11 is 0. The monoisotopic (exact) mass is 329 g/mol. The number of carboxylic acid groups (broad SMARTS) is 1. The first-order chi connectivity index (χ1) is 11.7. The molecule has 0 aliphatic rings. The van der Waals surface area contributed by atoms with Crippen molar-refractivity contribution in [2.75, 3.05) is 20.3 Å². The number of hydrogen-bond donors (Lipinski definition) is 2. The van der Waals surface area contributed by atoms with Crippen molar-refractivity contribution in [1.29, 1.82) is 0 Å². The normalized spacial score (nSPS) is 12.0. The van der Waals surface area contributed by atoms with E-state index in [2.05, 4.69) is 5.32 Å². The van der Waals surface area contributed by atoms with E-state index in [1.165, 1.54) is 0 Å². The molecule has 2 aromatic carbocycles. The molecule has 2 aromatic rings. The summed E-state index contributed by atoms with van der Waals surface area (Å²) in [5.41, 5.74) is 2.85. The summed E-state index contributed by atoms with van der Waals surface area (Å²) in [6.07, 6.45) is 0. The van der Waals surface area contributed by atoms with Crippen molar-refractivity contribution in [3.05, 3.63) is 71.3 Å². The van der Waals surface area contributed by atoms with Crippen LogP contribution in [0.4, 0.5) is 0 Å². The molecule has 0 saturated carbocycles. The van der Waals surface area contributed by atoms with Gasteiger partial charge in [-0.3, -0.25) is 10.1 Å². The third-order valence-electron chi connectivity index (χ3n) is 3.61. The van der Waals surface area contributed by atoms with Gasteiger partial charge in [0.25, 0.3) is 0 Å². The molecule has 5 nitrogen and oxygen atoms in total. The molecular weight excluding hydrogens is 306 g/mol. The summed E-state index contributed by atoms with van der Waals surface area (Å²) < 4.78 is 10.4. The Bertz CT molecular complexity index is 613. The highest BCUT2D eigenvalue weighted by molar-refractivity contribution is 5.75. The van der Waals surface area contributed by atoms with Crippen molar-refractivity contribution in [3.8, 4) is 0 Å². The van der Waals surface area contributed by atoms with E-state index in [1.54, 1.807) is 7.11 Å². The third kappa shape index (κ3) is 5.77. The van der Waals surface area contributed by atoms with Crippen molar-refractivity contribution in [1.82, 2.24) is 5.32 Å². The van der Waals surface area contributed by atoms with Gasteiger partial charge in [0.05, 0.1) is 19.8 Å². The minimum Gasteiger partial charge on any atom is -0.480 e. The van der Waals surface area contributed by atoms with Gasteiger partial charge in [-0.05, 0) is 16.7 Å². The van der Waals surface area contributed by atoms with Crippen molar-refractivity contribution in [2.24, 2.45) is 0 Å². The number of carboxylic acids is 1. The Morgan fingerprint density at radius 2 is 1.71 bits per heavy atom. The number of carbonyl (C=O) groups is 1. The van der Waals surface area contributed by atoms with E-state index in [0.717, 1.165) is 16.7 Å². The Balaban J connectivity index is 1.87. The number of rotatable bonds is 10. The standard InChI is InChI=1S/C19H23NO4/c1-23-11-12-24-14-16-9-7-15(8-10-16)13-20-18(19(21)22)17-5-3-2-4-6-17/h2-10,18,20H,11-14H2,1H3,(H,21,22)/t18-/m0/s1. The minimum absolute atomic E-state index is 0.483. The van der Waals surface area contributed by atoms with Crippen LogP contribution in [-0.2, 0) is 27.4 Å². The predicted molar refractivity (Wildman–Crippen MR) is 91.6 cm³/mol. The summed E-state index contributed by atoms with van der Waals surface area (Å²) in [6, 6.07) is 16.4. The molecule has 0 radical (unpaired) electrons. The summed E-state index contributed by atoms with van der Waals surface area (Å²) in [4.78, 5) is 11.5. The first-order valence-corrected chi connectivity index (χ1v) is 7.86. The van der Waals surface area contributed by atoms with Crippen LogP contribution in [0.2, 0.25) is 0 Å². The average molecular weight is 329 g/mol. The van der Waals surface area contributed by atoms with E-state index in [1.807, 2.05) is 54.6 Å². The molecule has 0 bridgehead atoms. The predicted octanol–water partition coefficient (Wildman–Crippen LogP) is 2.77. The van der Waals surface area contributed by atoms with Crippen LogP contribution in [-0.4, -0.2) is 31.4 Å². The maximum absolute atomic E-state index is 11.5. The first-order valence-electron chi connectivity index (χ1n) is 7.86. The molecule has 0 fully saturated rings. The van der Waals surface area contributed by atoms with E-state index in [-0.39, 0.29) is 0 Å². The van der Waals surface area contributed by atoms with Crippen LogP contribution < -0.4 is 5.32 Å². The van der Waals surface area contributed by atoms with Gasteiger partial charge in [0.15, 0.2) is 0 Å². The Labute approximate surface area is 142 Å². The molecular formula is C19H23NO4. The lowest BCUT2D eigenvalue weighted by molar-refractivity contribution is -0.139. The molecule has 24 heavy (non-hydrogen) atoms. The summed E-state index contributed by atoms with van der Waals surface area (Å²) in [6.45, 7) is 2.17. The van der Waals surface area contributed by atoms with Crippen LogP contribution in [0.15, 0.2) is 54.6 Å². The van der Waals surface area contributed by atoms with Crippen molar-refractivity contribution < 1.29 is 19.4 Å². The highest BCUT2D eigenvalue weighted by Crippen LogP contribution is 2.14. The second kappa shape index (κ2) is 9.82. The molecule has 0 spiro atoms. The number of aliphatic carboxylic acids is 1. The van der Waals surface area contributed by atoms with E-state index in [4.69, 9.17) is 9.47 Å². The molecule has 0 saturated heterocycles. The van der Waals surface area contributed by atoms with E-state index in [0.29, 0.717) is 26.4 Å². The molecule has 0 heterocycles. The fourth-order valence-electron chi connectivity index (χ4n) is 2.30. The number of ether oxygens (including phenoxy) is 2. The van der Waals surface area contributed by atoms with Crippen LogP contribution >= 0.6 is 0 Å². The van der Waals surface area contributed by atoms with Gasteiger partial charge < -0.3 is 14.6 Å². The van der Waals surface area contributed by atoms with Gasteiger partial charge in [-0.2, -0.15) is 0 Å². The minimum atomic E-state index is -0.885. The third-order valence-corrected chi connectivity index (χ3v) is 3.61. The van der Waals surface area contributed by atoms with Crippen molar-refractivity contribution in [3.63, 3.8) is 0 Å². The van der Waals surface area contributed by atoms with Gasteiger partial charge in [0.2, 0.25) is 0 Å². The zero-order valence-electron chi connectivity index (χ0n) is 13.8. The number of methoxy groups -OCH3 is 1. The summed E-state index contributed by atoms with van der Waals surface area (Å²) in [7, 11) is 1.64. The second-order valence-electron chi connectivity index (χ2n) is 5.42. The van der Waals surface area contributed by atoms with Gasteiger partial charge in [-0.1, -0.05) is 54.6 Å². The van der Waals surface area contributed by atoms with Crippen molar-refractivity contribution >= 4 is 5.97 Å². The van der Waals surface area contributed by atoms with Crippen molar-refractivity contribution in [2.45, 2.75) is 19.2 Å². The summed E-state index contributed by atoms with van der Waals surface area (Å²) in [5, 5.41) is 12.5. The van der Waals surface area contributed by atoms with Gasteiger partial charge in [0.1, 0.15) is 6.04 Å². The molecule has 0 aromatic heterocycles. The summed E-state index contributed by atoms with van der Waals surface area (Å²) in [5.74, 6) is -0.885. The lowest BCUT2D eigenvalue weighted by Crippen LogP contribution is -2.28. The zero-order chi connectivity index (χ0) is 17.2. The molecule has 128 valence electrons. The number of nitrogens with one attached hydrogen (secondary N) is 1. The fraction of sp³-hybridized carbons (Fsp3) is 0.316. The molecule has 0 aliphatic carbocycles. The maximum atomic E-state index is 11.5. The highest BCUT2D eigenvalue weighted by atomic mass is 16.5. The van der Waals surface area contributed by atoms with Gasteiger partial charge in [0, 0.05) is 13.7 Å². The van der Waals surface area contributed by atoms with Crippen LogP contribution in [0.3, 0.4) is 0 Å². The second-order valence-corrected chi connectivity index (χ2v) is 5.42. The Kier molecular flexibility index (Phi) is 7.42. The van der Waals surface area contributed by atoms with Crippen LogP contribution in [0.1, 0.15) is 22.7 Å². The SMILES string of the molecule is COCCOCc1ccc(CN[C@H](C(=O)O)c2ccccc2)cc1. The molecule has 0 amide bonds. The van der Waals surface area contributed by atoms with E-state index in [9.17, 15) is 9.90 Å². The quantitative estimate of drug-likeness (QED) is 0.656. The largest absolute Gasteiger partial charge is 0.480 e. The van der Waals surface area contributed by atoms with E-state index < -0.39 is 12.0 Å². The Hall–Kier alpha value is -2.21. The lowest BCUT2D eigenvalue weighted by atomic mass is 10.1. The van der Waals surface area contributed by atoms with E-state index >= 15 is 0 Å². The maximum Gasteiger partial charge on any atom is 0.325 e. The smallest absolute Gasteiger partial charge is 0.325 e. The Morgan fingerprint density at radius 3 is 2.33 bits per heavy atom. The van der Waals surface area contributed by atoms with Gasteiger partial charge in [-0.25, -0.2) is 0 Å². The molecule has 2 N–H and O–H groups in total. The molecule has 5 heteroatoms. The molecule has 0 aliphatic heterocycles. The fourth-order valence-corrected chi connectivity index (χ4v) is 2.30. The molecule has 2 rings (SSSR count). The van der Waals surface area contributed by atoms with Crippen LogP contribution in [0.25, 0.3) is 0 Å². The Morgan fingerprint density at radius 1 is 1.04 bits per heavy atom. The zero-order valence-corrected chi connectivity index (χ0v) is 13.8. The number of benzene rings is 2. The molecule has 0 unspecified atom stereocenters. The van der Waals surface area contributed by atoms with Crippen LogP contribution in [0.5, 0.6) is 0 Å². The highest BCUT2D eigenvalue weighted by Gasteiger charge is 2.18. The van der Waals surface area contributed by atoms with Crippen LogP contribution in [0, 0.1) is 0 Å². The molecule has 1 atom stereocenters. The van der Waals surface area contributed by atoms with Gasteiger partial charge >= 0.3 is 5.97 Å². The topological polar surface area (TPSA) is 67.8 Å².